The zero-order valence-corrected chi connectivity index (χ0v) is 12.4. The van der Waals surface area contributed by atoms with Gasteiger partial charge in [0.05, 0.1) is 0 Å². The van der Waals surface area contributed by atoms with Gasteiger partial charge in [0.2, 0.25) is 0 Å². The van der Waals surface area contributed by atoms with Crippen LogP contribution in [0.15, 0.2) is 24.3 Å². The van der Waals surface area contributed by atoms with Crippen LogP contribution in [0.5, 0.6) is 0 Å². The quantitative estimate of drug-likeness (QED) is 0.496. The molecule has 2 aliphatic rings. The van der Waals surface area contributed by atoms with Crippen molar-refractivity contribution >= 4 is 18.1 Å². The van der Waals surface area contributed by atoms with Crippen LogP contribution in [0.2, 0.25) is 0 Å². The number of hydrogen-bond acceptors (Lipinski definition) is 7. The predicted octanol–water partition coefficient (Wildman–Crippen LogP) is 1.66. The van der Waals surface area contributed by atoms with Crippen LogP contribution < -0.4 is 0 Å². The molecule has 2 heterocycles. The van der Waals surface area contributed by atoms with Crippen LogP contribution in [-0.4, -0.2) is 42.5 Å². The maximum absolute atomic E-state index is 11.7. The summed E-state index contributed by atoms with van der Waals surface area (Å²) in [6, 6.07) is 0. The van der Waals surface area contributed by atoms with Crippen molar-refractivity contribution in [2.24, 2.45) is 0 Å². The van der Waals surface area contributed by atoms with Crippen LogP contribution in [0, 0.1) is 0 Å². The molecule has 4 atom stereocenters. The third kappa shape index (κ3) is 4.61. The Kier molecular flexibility index (Phi) is 5.19. The maximum Gasteiger partial charge on any atom is 0.509 e. The molecule has 2 aliphatic heterocycles. The average molecular weight is 310 g/mol. The third-order valence-electron chi connectivity index (χ3n) is 3.19. The van der Waals surface area contributed by atoms with Gasteiger partial charge in [-0.15, -0.1) is 0 Å². The van der Waals surface area contributed by atoms with Crippen molar-refractivity contribution < 1.29 is 33.3 Å². The highest BCUT2D eigenvalue weighted by atomic mass is 16.8. The number of ether oxygens (including phenoxy) is 4. The lowest BCUT2D eigenvalue weighted by atomic mass is 10.1. The molecule has 0 aromatic carbocycles. The van der Waals surface area contributed by atoms with E-state index in [4.69, 9.17) is 18.9 Å². The lowest BCUT2D eigenvalue weighted by molar-refractivity contribution is -0.143. The van der Waals surface area contributed by atoms with Crippen molar-refractivity contribution in [2.45, 2.75) is 51.1 Å². The molecule has 0 radical (unpaired) electrons. The molecule has 2 rings (SSSR count). The minimum Gasteiger partial charge on any atom is -0.459 e. The van der Waals surface area contributed by atoms with E-state index in [1.165, 1.54) is 18.2 Å². The van der Waals surface area contributed by atoms with E-state index in [2.05, 4.69) is 0 Å². The zero-order valence-electron chi connectivity index (χ0n) is 12.4. The molecule has 0 amide bonds. The first-order valence-electron chi connectivity index (χ1n) is 7.07. The molecule has 7 nitrogen and oxygen atoms in total. The summed E-state index contributed by atoms with van der Waals surface area (Å²) in [6.07, 6.45) is 3.17. The molecule has 0 aromatic heterocycles. The topological polar surface area (TPSA) is 88.1 Å². The van der Waals surface area contributed by atoms with Gasteiger partial charge in [0.25, 0.3) is 0 Å². The van der Waals surface area contributed by atoms with E-state index in [-0.39, 0.29) is 12.5 Å². The average Bonchev–Trinajstić information content (AvgIpc) is 2.75. The van der Waals surface area contributed by atoms with Gasteiger partial charge in [0.15, 0.2) is 6.10 Å². The molecule has 22 heavy (non-hydrogen) atoms. The van der Waals surface area contributed by atoms with Crippen LogP contribution in [0.3, 0.4) is 0 Å². The van der Waals surface area contributed by atoms with Gasteiger partial charge in [-0.1, -0.05) is 6.08 Å². The number of fused-ring (bicyclic) bond motifs is 1. The molecule has 0 aromatic rings. The standard InChI is InChI=1S/C15H18O7/c1-9-4-3-5-13(16)20-10(2)8-12-11(21-15(18)22-12)6-7-14(17)19-9/h3,5-7,9-12H,4,8H2,1-2H3/b5-3+,7-6+/t9-,10-,11-,12-/m1/s1. The molecule has 120 valence electrons. The van der Waals surface area contributed by atoms with Crippen LogP contribution >= 0.6 is 0 Å². The van der Waals surface area contributed by atoms with Crippen molar-refractivity contribution in [1.82, 2.24) is 0 Å². The highest BCUT2D eigenvalue weighted by Crippen LogP contribution is 2.22. The summed E-state index contributed by atoms with van der Waals surface area (Å²) in [5.41, 5.74) is 0. The van der Waals surface area contributed by atoms with Gasteiger partial charge in [-0.2, -0.15) is 0 Å². The molecular weight excluding hydrogens is 292 g/mol. The summed E-state index contributed by atoms with van der Waals surface area (Å²) in [5.74, 6) is -1.05. The van der Waals surface area contributed by atoms with Gasteiger partial charge in [0.1, 0.15) is 18.3 Å². The second-order valence-corrected chi connectivity index (χ2v) is 5.22. The normalized spacial score (nSPS) is 36.0. The largest absolute Gasteiger partial charge is 0.509 e. The molecule has 0 spiro atoms. The minimum absolute atomic E-state index is 0.270. The summed E-state index contributed by atoms with van der Waals surface area (Å²) < 4.78 is 20.3. The lowest BCUT2D eigenvalue weighted by Gasteiger charge is -2.18. The fraction of sp³-hybridized carbons (Fsp3) is 0.533. The second-order valence-electron chi connectivity index (χ2n) is 5.22. The van der Waals surface area contributed by atoms with E-state index in [1.54, 1.807) is 19.9 Å². The molecule has 7 heteroatoms. The van der Waals surface area contributed by atoms with Gasteiger partial charge in [-0.3, -0.25) is 0 Å². The monoisotopic (exact) mass is 310 g/mol. The predicted molar refractivity (Wildman–Crippen MR) is 73.8 cm³/mol. The number of carbonyl (C=O) groups excluding carboxylic acids is 3. The van der Waals surface area contributed by atoms with Gasteiger partial charge in [0, 0.05) is 25.0 Å². The van der Waals surface area contributed by atoms with Crippen LogP contribution in [0.25, 0.3) is 0 Å². The molecule has 1 fully saturated rings. The zero-order chi connectivity index (χ0) is 16.1. The highest BCUT2D eigenvalue weighted by molar-refractivity contribution is 5.83. The lowest BCUT2D eigenvalue weighted by Crippen LogP contribution is -2.27. The number of cyclic esters (lactones) is 2. The summed E-state index contributed by atoms with van der Waals surface area (Å²) in [6.45, 7) is 3.40. The minimum atomic E-state index is -0.816. The number of esters is 2. The Morgan fingerprint density at radius 1 is 0.909 bits per heavy atom. The summed E-state index contributed by atoms with van der Waals surface area (Å²) >= 11 is 0. The fourth-order valence-corrected chi connectivity index (χ4v) is 2.18. The summed E-state index contributed by atoms with van der Waals surface area (Å²) in [7, 11) is 0. The van der Waals surface area contributed by atoms with E-state index < -0.39 is 36.4 Å². The maximum atomic E-state index is 11.7. The Morgan fingerprint density at radius 2 is 1.59 bits per heavy atom. The number of rotatable bonds is 0. The highest BCUT2D eigenvalue weighted by Gasteiger charge is 2.36. The van der Waals surface area contributed by atoms with E-state index >= 15 is 0 Å². The van der Waals surface area contributed by atoms with Crippen LogP contribution in [0.1, 0.15) is 26.7 Å². The first-order chi connectivity index (χ1) is 10.4. The Bertz CT molecular complexity index is 508. The molecule has 1 saturated heterocycles. The smallest absolute Gasteiger partial charge is 0.459 e. The van der Waals surface area contributed by atoms with Gasteiger partial charge in [-0.25, -0.2) is 14.4 Å². The Labute approximate surface area is 127 Å². The van der Waals surface area contributed by atoms with Crippen LogP contribution in [-0.2, 0) is 28.5 Å². The SMILES string of the molecule is C[C@@H]1C/C=C/C(=O)O[C@H](C)C[C@H]2OC(=O)O[C@@H]2/C=C/C(=O)O1. The first-order valence-corrected chi connectivity index (χ1v) is 7.07. The second kappa shape index (κ2) is 7.11. The van der Waals surface area contributed by atoms with E-state index in [1.807, 2.05) is 0 Å². The van der Waals surface area contributed by atoms with E-state index in [0.29, 0.717) is 6.42 Å². The molecular formula is C15H18O7. The van der Waals surface area contributed by atoms with Crippen molar-refractivity contribution in [3.63, 3.8) is 0 Å². The fourth-order valence-electron chi connectivity index (χ4n) is 2.18. The van der Waals surface area contributed by atoms with Crippen LogP contribution in [0.4, 0.5) is 4.79 Å². The Morgan fingerprint density at radius 3 is 2.36 bits per heavy atom. The van der Waals surface area contributed by atoms with Gasteiger partial charge < -0.3 is 18.9 Å². The Balaban J connectivity index is 2.14. The summed E-state index contributed by atoms with van der Waals surface area (Å²) in [4.78, 5) is 34.5. The van der Waals surface area contributed by atoms with Crippen molar-refractivity contribution in [1.29, 1.82) is 0 Å². The molecule has 0 N–H and O–H groups in total. The van der Waals surface area contributed by atoms with E-state index in [0.717, 1.165) is 0 Å². The molecule has 0 unspecified atom stereocenters. The Hall–Kier alpha value is -2.31. The van der Waals surface area contributed by atoms with Crippen molar-refractivity contribution in [3.05, 3.63) is 24.3 Å². The third-order valence-corrected chi connectivity index (χ3v) is 3.19. The van der Waals surface area contributed by atoms with Gasteiger partial charge >= 0.3 is 18.1 Å². The van der Waals surface area contributed by atoms with Crippen molar-refractivity contribution in [2.75, 3.05) is 0 Å². The van der Waals surface area contributed by atoms with Gasteiger partial charge in [-0.05, 0) is 19.9 Å². The molecule has 0 aliphatic carbocycles. The number of hydrogen-bond donors (Lipinski definition) is 0. The number of carbonyl (C=O) groups is 3. The van der Waals surface area contributed by atoms with E-state index in [9.17, 15) is 14.4 Å². The summed E-state index contributed by atoms with van der Waals surface area (Å²) in [5, 5.41) is 0. The van der Waals surface area contributed by atoms with Crippen molar-refractivity contribution in [3.8, 4) is 0 Å². The molecule has 0 bridgehead atoms. The molecule has 0 saturated carbocycles. The first kappa shape index (κ1) is 16.1.